The van der Waals surface area contributed by atoms with Crippen LogP contribution in [0, 0.1) is 20.8 Å². The molecule has 3 aromatic rings. The molecule has 0 N–H and O–H groups in total. The zero-order valence-corrected chi connectivity index (χ0v) is 17.4. The Balaban J connectivity index is 1.73. The lowest BCUT2D eigenvalue weighted by molar-refractivity contribution is 0.0826. The summed E-state index contributed by atoms with van der Waals surface area (Å²) < 4.78 is 6.84. The van der Waals surface area contributed by atoms with Gasteiger partial charge in [-0.2, -0.15) is 0 Å². The van der Waals surface area contributed by atoms with Crippen LogP contribution in [0.2, 0.25) is 0 Å². The van der Waals surface area contributed by atoms with E-state index in [0.29, 0.717) is 0 Å². The smallest absolute Gasteiger partial charge is 0.228 e. The number of anilines is 1. The lowest BCUT2D eigenvalue weighted by Crippen LogP contribution is -2.61. The molecule has 1 atom stereocenters. The molecule has 28 heavy (non-hydrogen) atoms. The fourth-order valence-corrected chi connectivity index (χ4v) is 4.91. The SMILES string of the molecule is Cc1ccc2c(c1)N(C)C1(C=Nc3c(cc(C)c4ccc(C)cc34)O1)C2(C)C. The molecule has 2 heterocycles. The van der Waals surface area contributed by atoms with Gasteiger partial charge in [0.15, 0.2) is 0 Å². The number of aliphatic imine (C=N–C) groups is 1. The Morgan fingerprint density at radius 3 is 2.39 bits per heavy atom. The Kier molecular flexibility index (Phi) is 3.32. The standard InChI is InChI=1S/C25H26N2O/c1-15-7-9-18-17(3)13-22-23(19(18)11-15)26-14-25(28-22)24(4,5)20-10-8-16(2)12-21(20)27(25)6/h7-14H,1-6H3. The molecule has 0 aromatic heterocycles. The van der Waals surface area contributed by atoms with E-state index in [1.807, 2.05) is 6.21 Å². The fourth-order valence-electron chi connectivity index (χ4n) is 4.91. The van der Waals surface area contributed by atoms with Crippen molar-refractivity contribution in [1.82, 2.24) is 0 Å². The minimum absolute atomic E-state index is 0.235. The number of aryl methyl sites for hydroxylation is 3. The summed E-state index contributed by atoms with van der Waals surface area (Å²) >= 11 is 0. The van der Waals surface area contributed by atoms with E-state index in [4.69, 9.17) is 9.73 Å². The van der Waals surface area contributed by atoms with Gasteiger partial charge in [0.1, 0.15) is 11.4 Å². The molecule has 3 aromatic carbocycles. The van der Waals surface area contributed by atoms with Crippen LogP contribution < -0.4 is 9.64 Å². The summed E-state index contributed by atoms with van der Waals surface area (Å²) in [7, 11) is 2.11. The Morgan fingerprint density at radius 2 is 1.61 bits per heavy atom. The lowest BCUT2D eigenvalue weighted by atomic mass is 9.77. The summed E-state index contributed by atoms with van der Waals surface area (Å²) in [6.07, 6.45) is 2.02. The molecule has 0 bridgehead atoms. The van der Waals surface area contributed by atoms with Gasteiger partial charge in [0.05, 0.1) is 11.6 Å². The maximum atomic E-state index is 6.84. The highest BCUT2D eigenvalue weighted by molar-refractivity contribution is 6.01. The van der Waals surface area contributed by atoms with E-state index >= 15 is 0 Å². The van der Waals surface area contributed by atoms with Crippen molar-refractivity contribution in [1.29, 1.82) is 0 Å². The van der Waals surface area contributed by atoms with Crippen LogP contribution in [0.15, 0.2) is 47.5 Å². The lowest BCUT2D eigenvalue weighted by Gasteiger charge is -2.45. The third-order valence-corrected chi connectivity index (χ3v) is 6.65. The Bertz CT molecular complexity index is 1170. The molecular formula is C25H26N2O. The molecule has 0 saturated heterocycles. The van der Waals surface area contributed by atoms with Gasteiger partial charge in [-0.25, -0.2) is 0 Å². The molecule has 2 aliphatic rings. The number of ether oxygens (including phenoxy) is 1. The van der Waals surface area contributed by atoms with Crippen molar-refractivity contribution >= 4 is 28.4 Å². The number of likely N-dealkylation sites (N-methyl/N-ethyl adjacent to an activating group) is 1. The van der Waals surface area contributed by atoms with Crippen LogP contribution in [0.25, 0.3) is 10.8 Å². The molecule has 3 heteroatoms. The van der Waals surface area contributed by atoms with Crippen LogP contribution in [0.3, 0.4) is 0 Å². The van der Waals surface area contributed by atoms with Crippen molar-refractivity contribution in [2.45, 2.75) is 45.8 Å². The number of fused-ring (bicyclic) bond motifs is 4. The average molecular weight is 370 g/mol. The normalized spacial score (nSPS) is 21.7. The van der Waals surface area contributed by atoms with Crippen molar-refractivity contribution in [3.8, 4) is 5.75 Å². The van der Waals surface area contributed by atoms with Crippen LogP contribution in [0.1, 0.15) is 36.1 Å². The summed E-state index contributed by atoms with van der Waals surface area (Å²) in [4.78, 5) is 7.25. The number of benzene rings is 3. The first-order chi connectivity index (χ1) is 13.2. The Morgan fingerprint density at radius 1 is 0.893 bits per heavy atom. The average Bonchev–Trinajstić information content (AvgIpc) is 2.80. The van der Waals surface area contributed by atoms with Crippen LogP contribution in [0.4, 0.5) is 11.4 Å². The molecule has 1 unspecified atom stereocenters. The van der Waals surface area contributed by atoms with Crippen LogP contribution >= 0.6 is 0 Å². The van der Waals surface area contributed by atoms with Crippen molar-refractivity contribution in [3.05, 3.63) is 64.7 Å². The van der Waals surface area contributed by atoms with Gasteiger partial charge in [0, 0.05) is 18.1 Å². The van der Waals surface area contributed by atoms with E-state index in [-0.39, 0.29) is 5.41 Å². The van der Waals surface area contributed by atoms with E-state index in [9.17, 15) is 0 Å². The monoisotopic (exact) mass is 370 g/mol. The Hall–Kier alpha value is -2.81. The van der Waals surface area contributed by atoms with Gasteiger partial charge in [-0.3, -0.25) is 4.99 Å². The van der Waals surface area contributed by atoms with E-state index in [1.165, 1.54) is 33.3 Å². The molecule has 2 aliphatic heterocycles. The van der Waals surface area contributed by atoms with Gasteiger partial charge < -0.3 is 9.64 Å². The summed E-state index contributed by atoms with van der Waals surface area (Å²) in [6.45, 7) is 10.9. The van der Waals surface area contributed by atoms with E-state index in [2.05, 4.69) is 89.0 Å². The minimum Gasteiger partial charge on any atom is -0.459 e. The quantitative estimate of drug-likeness (QED) is 0.486. The van der Waals surface area contributed by atoms with Gasteiger partial charge in [-0.15, -0.1) is 0 Å². The zero-order chi connectivity index (χ0) is 19.8. The first kappa shape index (κ1) is 17.3. The molecule has 0 radical (unpaired) electrons. The first-order valence-corrected chi connectivity index (χ1v) is 9.88. The number of nitrogens with zero attached hydrogens (tertiary/aromatic N) is 2. The second-order valence-corrected chi connectivity index (χ2v) is 8.85. The molecule has 142 valence electrons. The summed E-state index contributed by atoms with van der Waals surface area (Å²) in [5.41, 5.74) is 6.28. The summed E-state index contributed by atoms with van der Waals surface area (Å²) in [5.74, 6) is 0.863. The largest absolute Gasteiger partial charge is 0.459 e. The van der Waals surface area contributed by atoms with E-state index in [0.717, 1.165) is 16.8 Å². The molecule has 0 saturated carbocycles. The van der Waals surface area contributed by atoms with Crippen LogP contribution in [0.5, 0.6) is 5.75 Å². The predicted molar refractivity (Wildman–Crippen MR) is 118 cm³/mol. The third kappa shape index (κ3) is 2.02. The highest BCUT2D eigenvalue weighted by Gasteiger charge is 2.58. The number of hydrogen-bond acceptors (Lipinski definition) is 3. The molecule has 0 amide bonds. The number of rotatable bonds is 0. The van der Waals surface area contributed by atoms with Gasteiger partial charge in [-0.1, -0.05) is 29.8 Å². The van der Waals surface area contributed by atoms with E-state index in [1.54, 1.807) is 0 Å². The predicted octanol–water partition coefficient (Wildman–Crippen LogP) is 5.98. The molecular weight excluding hydrogens is 344 g/mol. The van der Waals surface area contributed by atoms with Gasteiger partial charge in [0.2, 0.25) is 5.72 Å². The molecule has 3 nitrogen and oxygen atoms in total. The second-order valence-electron chi connectivity index (χ2n) is 8.85. The highest BCUT2D eigenvalue weighted by atomic mass is 16.5. The molecule has 5 rings (SSSR count). The van der Waals surface area contributed by atoms with Crippen molar-refractivity contribution in [2.24, 2.45) is 4.99 Å². The van der Waals surface area contributed by atoms with Crippen LogP contribution in [-0.2, 0) is 5.41 Å². The topological polar surface area (TPSA) is 24.8 Å². The fraction of sp³-hybridized carbons (Fsp3) is 0.320. The minimum atomic E-state index is -0.639. The van der Waals surface area contributed by atoms with E-state index < -0.39 is 5.72 Å². The second kappa shape index (κ2) is 5.38. The maximum Gasteiger partial charge on any atom is 0.228 e. The van der Waals surface area contributed by atoms with Gasteiger partial charge >= 0.3 is 0 Å². The first-order valence-electron chi connectivity index (χ1n) is 9.88. The Labute approximate surface area is 166 Å². The molecule has 0 fully saturated rings. The van der Waals surface area contributed by atoms with Crippen LogP contribution in [-0.4, -0.2) is 19.0 Å². The molecule has 0 aliphatic carbocycles. The van der Waals surface area contributed by atoms with Crippen molar-refractivity contribution < 1.29 is 4.74 Å². The van der Waals surface area contributed by atoms with Gasteiger partial charge in [0.25, 0.3) is 0 Å². The zero-order valence-electron chi connectivity index (χ0n) is 17.4. The summed E-state index contributed by atoms with van der Waals surface area (Å²) in [5, 5.41) is 2.40. The third-order valence-electron chi connectivity index (χ3n) is 6.65. The molecule has 1 spiro atoms. The van der Waals surface area contributed by atoms with Crippen molar-refractivity contribution in [2.75, 3.05) is 11.9 Å². The van der Waals surface area contributed by atoms with Crippen molar-refractivity contribution in [3.63, 3.8) is 0 Å². The maximum absolute atomic E-state index is 6.84. The summed E-state index contributed by atoms with van der Waals surface area (Å²) in [6, 6.07) is 15.4. The number of hydrogen-bond donors (Lipinski definition) is 0. The highest BCUT2D eigenvalue weighted by Crippen LogP contribution is 2.54. The van der Waals surface area contributed by atoms with Gasteiger partial charge in [-0.05, 0) is 74.9 Å².